The molecular weight excluding hydrogens is 232 g/mol. The number of aromatic nitrogens is 1. The average molecular weight is 248 g/mol. The summed E-state index contributed by atoms with van der Waals surface area (Å²) in [7, 11) is 0. The summed E-state index contributed by atoms with van der Waals surface area (Å²) >= 11 is 1.66. The first kappa shape index (κ1) is 11.9. The lowest BCUT2D eigenvalue weighted by molar-refractivity contribution is 0.471. The molecule has 0 unspecified atom stereocenters. The van der Waals surface area contributed by atoms with Crippen molar-refractivity contribution in [3.8, 4) is 5.75 Å². The first-order valence-corrected chi connectivity index (χ1v) is 6.39. The van der Waals surface area contributed by atoms with Crippen molar-refractivity contribution in [3.05, 3.63) is 39.3 Å². The SMILES string of the molecule is Cc1nc(CNc2cc(C)c(O)cc2C)cs1. The van der Waals surface area contributed by atoms with Crippen LogP contribution in [0.25, 0.3) is 0 Å². The molecule has 0 bridgehead atoms. The number of benzene rings is 1. The van der Waals surface area contributed by atoms with Crippen LogP contribution in [0, 0.1) is 20.8 Å². The van der Waals surface area contributed by atoms with E-state index in [1.807, 2.05) is 26.8 Å². The molecule has 4 heteroatoms. The minimum Gasteiger partial charge on any atom is -0.508 e. The van der Waals surface area contributed by atoms with Gasteiger partial charge in [0.2, 0.25) is 0 Å². The minimum absolute atomic E-state index is 0.345. The van der Waals surface area contributed by atoms with Gasteiger partial charge >= 0.3 is 0 Å². The third-order valence-electron chi connectivity index (χ3n) is 2.67. The third kappa shape index (κ3) is 2.77. The normalized spacial score (nSPS) is 10.5. The predicted molar refractivity (Wildman–Crippen MR) is 71.8 cm³/mol. The van der Waals surface area contributed by atoms with Crippen LogP contribution in [0.2, 0.25) is 0 Å². The largest absolute Gasteiger partial charge is 0.508 e. The number of aryl methyl sites for hydroxylation is 3. The molecule has 0 aliphatic rings. The van der Waals surface area contributed by atoms with E-state index in [0.29, 0.717) is 5.75 Å². The monoisotopic (exact) mass is 248 g/mol. The smallest absolute Gasteiger partial charge is 0.118 e. The van der Waals surface area contributed by atoms with Crippen molar-refractivity contribution in [3.63, 3.8) is 0 Å². The first-order chi connectivity index (χ1) is 8.06. The van der Waals surface area contributed by atoms with Gasteiger partial charge in [-0.05, 0) is 44.0 Å². The van der Waals surface area contributed by atoms with Crippen LogP contribution in [-0.4, -0.2) is 10.1 Å². The maximum Gasteiger partial charge on any atom is 0.118 e. The molecule has 0 saturated carbocycles. The van der Waals surface area contributed by atoms with Crippen LogP contribution in [0.5, 0.6) is 5.75 Å². The first-order valence-electron chi connectivity index (χ1n) is 5.51. The van der Waals surface area contributed by atoms with Crippen molar-refractivity contribution in [2.45, 2.75) is 27.3 Å². The number of hydrogen-bond acceptors (Lipinski definition) is 4. The summed E-state index contributed by atoms with van der Waals surface area (Å²) < 4.78 is 0. The zero-order chi connectivity index (χ0) is 12.4. The van der Waals surface area contributed by atoms with Crippen molar-refractivity contribution in [2.75, 3.05) is 5.32 Å². The van der Waals surface area contributed by atoms with Gasteiger partial charge in [-0.15, -0.1) is 11.3 Å². The van der Waals surface area contributed by atoms with Crippen LogP contribution >= 0.6 is 11.3 Å². The Kier molecular flexibility index (Phi) is 3.33. The Morgan fingerprint density at radius 3 is 2.65 bits per heavy atom. The fraction of sp³-hybridized carbons (Fsp3) is 0.308. The molecule has 0 aliphatic carbocycles. The Labute approximate surface area is 105 Å². The van der Waals surface area contributed by atoms with E-state index in [2.05, 4.69) is 15.7 Å². The lowest BCUT2D eigenvalue weighted by Crippen LogP contribution is -2.01. The lowest BCUT2D eigenvalue weighted by Gasteiger charge is -2.10. The molecule has 1 aromatic heterocycles. The molecular formula is C13H16N2OS. The highest BCUT2D eigenvalue weighted by atomic mass is 32.1. The number of hydrogen-bond donors (Lipinski definition) is 2. The number of nitrogens with zero attached hydrogens (tertiary/aromatic N) is 1. The summed E-state index contributed by atoms with van der Waals surface area (Å²) in [5.41, 5.74) is 4.02. The van der Waals surface area contributed by atoms with Gasteiger partial charge in [0.05, 0.1) is 17.2 Å². The summed E-state index contributed by atoms with van der Waals surface area (Å²) in [6.45, 7) is 6.60. The molecule has 0 atom stereocenters. The van der Waals surface area contributed by atoms with Crippen molar-refractivity contribution < 1.29 is 5.11 Å². The molecule has 0 fully saturated rings. The van der Waals surface area contributed by atoms with Gasteiger partial charge in [0.15, 0.2) is 0 Å². The van der Waals surface area contributed by atoms with Crippen LogP contribution in [0.4, 0.5) is 5.69 Å². The Morgan fingerprint density at radius 1 is 1.24 bits per heavy atom. The highest BCUT2D eigenvalue weighted by Crippen LogP contribution is 2.25. The summed E-state index contributed by atoms with van der Waals surface area (Å²) in [5, 5.41) is 16.1. The second-order valence-corrected chi connectivity index (χ2v) is 5.23. The Hall–Kier alpha value is -1.55. The molecule has 0 radical (unpaired) electrons. The molecule has 90 valence electrons. The van der Waals surface area contributed by atoms with E-state index in [1.54, 1.807) is 17.4 Å². The molecule has 1 heterocycles. The van der Waals surface area contributed by atoms with Crippen molar-refractivity contribution in [1.82, 2.24) is 4.98 Å². The topological polar surface area (TPSA) is 45.2 Å². The van der Waals surface area contributed by atoms with E-state index >= 15 is 0 Å². The molecule has 2 N–H and O–H groups in total. The summed E-state index contributed by atoms with van der Waals surface area (Å²) in [6, 6.07) is 3.74. The zero-order valence-electron chi connectivity index (χ0n) is 10.2. The van der Waals surface area contributed by atoms with Crippen molar-refractivity contribution in [2.24, 2.45) is 0 Å². The molecule has 3 nitrogen and oxygen atoms in total. The van der Waals surface area contributed by atoms with E-state index in [0.717, 1.165) is 34.1 Å². The van der Waals surface area contributed by atoms with Gasteiger partial charge in [-0.1, -0.05) is 0 Å². The maximum absolute atomic E-state index is 9.57. The quantitative estimate of drug-likeness (QED) is 0.818. The molecule has 1 aromatic carbocycles. The number of phenols is 1. The maximum atomic E-state index is 9.57. The van der Waals surface area contributed by atoms with Gasteiger partial charge in [0.1, 0.15) is 5.75 Å². The van der Waals surface area contributed by atoms with Crippen LogP contribution < -0.4 is 5.32 Å². The number of anilines is 1. The number of thiazole rings is 1. The Balaban J connectivity index is 2.11. The van der Waals surface area contributed by atoms with Crippen molar-refractivity contribution in [1.29, 1.82) is 0 Å². The van der Waals surface area contributed by atoms with Crippen LogP contribution in [0.3, 0.4) is 0 Å². The molecule has 0 spiro atoms. The highest BCUT2D eigenvalue weighted by Gasteiger charge is 2.04. The second kappa shape index (κ2) is 4.75. The molecule has 0 aliphatic heterocycles. The summed E-state index contributed by atoms with van der Waals surface area (Å²) in [5.74, 6) is 0.345. The van der Waals surface area contributed by atoms with Gasteiger partial charge in [-0.3, -0.25) is 0 Å². The van der Waals surface area contributed by atoms with Gasteiger partial charge < -0.3 is 10.4 Å². The summed E-state index contributed by atoms with van der Waals surface area (Å²) in [6.07, 6.45) is 0. The van der Waals surface area contributed by atoms with Crippen molar-refractivity contribution >= 4 is 17.0 Å². The molecule has 0 saturated heterocycles. The van der Waals surface area contributed by atoms with Crippen LogP contribution in [0.15, 0.2) is 17.5 Å². The average Bonchev–Trinajstić information content (AvgIpc) is 2.68. The Bertz CT molecular complexity index is 534. The molecule has 17 heavy (non-hydrogen) atoms. The number of nitrogens with one attached hydrogen (secondary N) is 1. The number of rotatable bonds is 3. The number of aromatic hydroxyl groups is 1. The van der Waals surface area contributed by atoms with Gasteiger partial charge in [0.25, 0.3) is 0 Å². The molecule has 2 rings (SSSR count). The van der Waals surface area contributed by atoms with E-state index in [9.17, 15) is 5.11 Å². The Morgan fingerprint density at radius 2 is 2.00 bits per heavy atom. The van der Waals surface area contributed by atoms with Gasteiger partial charge in [-0.2, -0.15) is 0 Å². The van der Waals surface area contributed by atoms with E-state index < -0.39 is 0 Å². The van der Waals surface area contributed by atoms with E-state index in [4.69, 9.17) is 0 Å². The van der Waals surface area contributed by atoms with E-state index in [1.165, 1.54) is 0 Å². The standard InChI is InChI=1S/C13H16N2OS/c1-8-5-13(16)9(2)4-12(8)14-6-11-7-17-10(3)15-11/h4-5,7,14,16H,6H2,1-3H3. The fourth-order valence-electron chi connectivity index (χ4n) is 1.67. The predicted octanol–water partition coefficient (Wildman–Crippen LogP) is 3.39. The molecule has 0 amide bonds. The fourth-order valence-corrected chi connectivity index (χ4v) is 2.28. The highest BCUT2D eigenvalue weighted by molar-refractivity contribution is 7.09. The zero-order valence-corrected chi connectivity index (χ0v) is 11.1. The molecule has 2 aromatic rings. The minimum atomic E-state index is 0.345. The number of phenolic OH excluding ortho intramolecular Hbond substituents is 1. The van der Waals surface area contributed by atoms with E-state index in [-0.39, 0.29) is 0 Å². The summed E-state index contributed by atoms with van der Waals surface area (Å²) in [4.78, 5) is 4.40. The lowest BCUT2D eigenvalue weighted by atomic mass is 10.1. The van der Waals surface area contributed by atoms with Gasteiger partial charge in [0, 0.05) is 11.1 Å². The van der Waals surface area contributed by atoms with Crippen LogP contribution in [-0.2, 0) is 6.54 Å². The second-order valence-electron chi connectivity index (χ2n) is 4.17. The third-order valence-corrected chi connectivity index (χ3v) is 3.49. The van der Waals surface area contributed by atoms with Crippen LogP contribution in [0.1, 0.15) is 21.8 Å². The van der Waals surface area contributed by atoms with Gasteiger partial charge in [-0.25, -0.2) is 4.98 Å².